The molecule has 1 N–H and O–H groups in total. The lowest BCUT2D eigenvalue weighted by molar-refractivity contribution is 0.515. The molecule has 0 saturated carbocycles. The average Bonchev–Trinajstić information content (AvgIpc) is 2.80. The van der Waals surface area contributed by atoms with Gasteiger partial charge in [0.15, 0.2) is 5.82 Å². The van der Waals surface area contributed by atoms with Crippen molar-refractivity contribution in [2.75, 3.05) is 6.54 Å². The highest BCUT2D eigenvalue weighted by atomic mass is 35.5. The van der Waals surface area contributed by atoms with E-state index in [0.717, 1.165) is 18.5 Å². The minimum absolute atomic E-state index is 0.0627. The van der Waals surface area contributed by atoms with Crippen LogP contribution in [0.4, 0.5) is 4.39 Å². The van der Waals surface area contributed by atoms with Crippen LogP contribution in [-0.4, -0.2) is 26.8 Å². The lowest BCUT2D eigenvalue weighted by Gasteiger charge is -2.18. The second-order valence-electron chi connectivity index (χ2n) is 4.57. The molecule has 20 heavy (non-hydrogen) atoms. The van der Waals surface area contributed by atoms with Gasteiger partial charge in [0.05, 0.1) is 7.05 Å². The smallest absolute Gasteiger partial charge is 0.176 e. The molecule has 7 heteroatoms. The van der Waals surface area contributed by atoms with E-state index in [2.05, 4.69) is 27.7 Å². The van der Waals surface area contributed by atoms with Crippen LogP contribution < -0.4 is 5.32 Å². The van der Waals surface area contributed by atoms with Crippen LogP contribution >= 0.6 is 11.6 Å². The molecule has 0 radical (unpaired) electrons. The summed E-state index contributed by atoms with van der Waals surface area (Å²) >= 11 is 6.13. The van der Waals surface area contributed by atoms with Crippen LogP contribution in [0.2, 0.25) is 5.02 Å². The number of tetrazole rings is 1. The van der Waals surface area contributed by atoms with Crippen LogP contribution in [0, 0.1) is 5.82 Å². The van der Waals surface area contributed by atoms with Gasteiger partial charge < -0.3 is 5.32 Å². The Balaban J connectivity index is 2.22. The van der Waals surface area contributed by atoms with Gasteiger partial charge in [-0.3, -0.25) is 0 Å². The van der Waals surface area contributed by atoms with Crippen molar-refractivity contribution in [1.82, 2.24) is 25.5 Å². The third-order valence-corrected chi connectivity index (χ3v) is 3.24. The number of halogens is 2. The molecule has 1 aromatic heterocycles. The SMILES string of the molecule is CCCNC(Cc1nnn(C)n1)c1ccc(F)cc1Cl. The molecular weight excluding hydrogens is 281 g/mol. The van der Waals surface area contributed by atoms with Gasteiger partial charge in [-0.1, -0.05) is 24.6 Å². The molecular formula is C13H17ClFN5. The summed E-state index contributed by atoms with van der Waals surface area (Å²) in [7, 11) is 1.72. The Bertz CT molecular complexity index is 572. The van der Waals surface area contributed by atoms with Crippen molar-refractivity contribution in [3.05, 3.63) is 40.4 Å². The highest BCUT2D eigenvalue weighted by Crippen LogP contribution is 2.25. The summed E-state index contributed by atoms with van der Waals surface area (Å²) in [6.07, 6.45) is 1.54. The first kappa shape index (κ1) is 14.9. The van der Waals surface area contributed by atoms with E-state index >= 15 is 0 Å². The van der Waals surface area contributed by atoms with E-state index in [1.165, 1.54) is 16.9 Å². The van der Waals surface area contributed by atoms with Gasteiger partial charge in [0.1, 0.15) is 5.82 Å². The molecule has 0 fully saturated rings. The van der Waals surface area contributed by atoms with E-state index in [4.69, 9.17) is 11.6 Å². The summed E-state index contributed by atoms with van der Waals surface area (Å²) < 4.78 is 13.2. The van der Waals surface area contributed by atoms with Crippen molar-refractivity contribution in [2.24, 2.45) is 7.05 Å². The summed E-state index contributed by atoms with van der Waals surface area (Å²) in [5.74, 6) is 0.284. The monoisotopic (exact) mass is 297 g/mol. The third kappa shape index (κ3) is 3.74. The molecule has 2 rings (SSSR count). The Morgan fingerprint density at radius 3 is 2.85 bits per heavy atom. The number of hydrogen-bond donors (Lipinski definition) is 1. The molecule has 0 aliphatic heterocycles. The first-order valence-corrected chi connectivity index (χ1v) is 6.89. The zero-order valence-electron chi connectivity index (χ0n) is 11.5. The fraction of sp³-hybridized carbons (Fsp3) is 0.462. The van der Waals surface area contributed by atoms with Gasteiger partial charge in [-0.25, -0.2) is 4.39 Å². The van der Waals surface area contributed by atoms with Crippen molar-refractivity contribution < 1.29 is 4.39 Å². The number of nitrogens with one attached hydrogen (secondary N) is 1. The predicted molar refractivity (Wildman–Crippen MR) is 74.9 cm³/mol. The molecule has 0 saturated heterocycles. The number of benzene rings is 1. The Morgan fingerprint density at radius 1 is 1.45 bits per heavy atom. The zero-order chi connectivity index (χ0) is 14.5. The molecule has 0 spiro atoms. The topological polar surface area (TPSA) is 55.6 Å². The molecule has 0 bridgehead atoms. The standard InChI is InChI=1S/C13H17ClFN5/c1-3-6-16-12(8-13-17-19-20(2)18-13)10-5-4-9(15)7-11(10)14/h4-5,7,12,16H,3,6,8H2,1-2H3. The van der Waals surface area contributed by atoms with E-state index in [-0.39, 0.29) is 11.9 Å². The van der Waals surface area contributed by atoms with Crippen LogP contribution in [0.25, 0.3) is 0 Å². The molecule has 0 amide bonds. The Morgan fingerprint density at radius 2 is 2.25 bits per heavy atom. The summed E-state index contributed by atoms with van der Waals surface area (Å²) in [5, 5.41) is 15.7. The second-order valence-corrected chi connectivity index (χ2v) is 4.98. The maximum absolute atomic E-state index is 13.2. The Hall–Kier alpha value is -1.53. The summed E-state index contributed by atoms with van der Waals surface area (Å²) in [6, 6.07) is 4.36. The lowest BCUT2D eigenvalue weighted by atomic mass is 10.0. The Kier molecular flexibility index (Phi) is 5.03. The van der Waals surface area contributed by atoms with Crippen molar-refractivity contribution in [3.8, 4) is 0 Å². The largest absolute Gasteiger partial charge is 0.310 e. The highest BCUT2D eigenvalue weighted by Gasteiger charge is 2.17. The maximum Gasteiger partial charge on any atom is 0.176 e. The summed E-state index contributed by atoms with van der Waals surface area (Å²) in [4.78, 5) is 1.42. The van der Waals surface area contributed by atoms with Gasteiger partial charge in [0, 0.05) is 17.5 Å². The number of aromatic nitrogens is 4. The molecule has 2 aromatic rings. The molecule has 5 nitrogen and oxygen atoms in total. The maximum atomic E-state index is 13.2. The molecule has 0 aliphatic carbocycles. The first-order chi connectivity index (χ1) is 9.60. The highest BCUT2D eigenvalue weighted by molar-refractivity contribution is 6.31. The predicted octanol–water partition coefficient (Wildman–Crippen LogP) is 2.29. The van der Waals surface area contributed by atoms with Gasteiger partial charge in [-0.2, -0.15) is 4.80 Å². The van der Waals surface area contributed by atoms with Gasteiger partial charge in [0.25, 0.3) is 0 Å². The van der Waals surface area contributed by atoms with E-state index in [0.29, 0.717) is 17.3 Å². The lowest BCUT2D eigenvalue weighted by Crippen LogP contribution is -2.25. The second kappa shape index (κ2) is 6.76. The van der Waals surface area contributed by atoms with Crippen molar-refractivity contribution in [3.63, 3.8) is 0 Å². The van der Waals surface area contributed by atoms with E-state index in [9.17, 15) is 4.39 Å². The molecule has 1 unspecified atom stereocenters. The van der Waals surface area contributed by atoms with E-state index < -0.39 is 0 Å². The van der Waals surface area contributed by atoms with Gasteiger partial charge in [-0.05, 0) is 35.9 Å². The van der Waals surface area contributed by atoms with Crippen molar-refractivity contribution in [2.45, 2.75) is 25.8 Å². The summed E-state index contributed by atoms with van der Waals surface area (Å²) in [5.41, 5.74) is 0.842. The van der Waals surface area contributed by atoms with Gasteiger partial charge >= 0.3 is 0 Å². The zero-order valence-corrected chi connectivity index (χ0v) is 12.2. The summed E-state index contributed by atoms with van der Waals surface area (Å²) in [6.45, 7) is 2.91. The van der Waals surface area contributed by atoms with Crippen LogP contribution in [0.15, 0.2) is 18.2 Å². The minimum atomic E-state index is -0.342. The van der Waals surface area contributed by atoms with Crippen LogP contribution in [0.3, 0.4) is 0 Å². The van der Waals surface area contributed by atoms with Crippen molar-refractivity contribution in [1.29, 1.82) is 0 Å². The molecule has 1 atom stereocenters. The number of nitrogens with zero attached hydrogens (tertiary/aromatic N) is 4. The Labute approximate surface area is 122 Å². The van der Waals surface area contributed by atoms with Crippen LogP contribution in [-0.2, 0) is 13.5 Å². The first-order valence-electron chi connectivity index (χ1n) is 6.51. The van der Waals surface area contributed by atoms with E-state index in [1.54, 1.807) is 13.1 Å². The minimum Gasteiger partial charge on any atom is -0.310 e. The average molecular weight is 298 g/mol. The van der Waals surface area contributed by atoms with E-state index in [1.807, 2.05) is 0 Å². The van der Waals surface area contributed by atoms with Gasteiger partial charge in [-0.15, -0.1) is 10.2 Å². The third-order valence-electron chi connectivity index (χ3n) is 2.92. The molecule has 1 heterocycles. The number of hydrogen-bond acceptors (Lipinski definition) is 4. The molecule has 0 aliphatic rings. The van der Waals surface area contributed by atoms with Crippen LogP contribution in [0.5, 0.6) is 0 Å². The van der Waals surface area contributed by atoms with Crippen molar-refractivity contribution >= 4 is 11.6 Å². The number of rotatable bonds is 6. The molecule has 1 aromatic carbocycles. The number of aryl methyl sites for hydroxylation is 1. The fourth-order valence-electron chi connectivity index (χ4n) is 1.98. The van der Waals surface area contributed by atoms with Gasteiger partial charge in [0.2, 0.25) is 0 Å². The molecule has 108 valence electrons. The quantitative estimate of drug-likeness (QED) is 0.889. The fourth-order valence-corrected chi connectivity index (χ4v) is 2.28. The normalized spacial score (nSPS) is 12.6. The van der Waals surface area contributed by atoms with Crippen LogP contribution in [0.1, 0.15) is 30.8 Å².